The first-order valence-corrected chi connectivity index (χ1v) is 12.3. The fraction of sp³-hybridized carbons (Fsp3) is 0.125. The molecule has 0 radical (unpaired) electrons. The zero-order valence-corrected chi connectivity index (χ0v) is 19.4. The van der Waals surface area contributed by atoms with E-state index in [1.165, 1.54) is 16.7 Å². The van der Waals surface area contributed by atoms with Crippen LogP contribution in [-0.4, -0.2) is 30.9 Å². The van der Waals surface area contributed by atoms with E-state index in [1.54, 1.807) is 36.4 Å². The van der Waals surface area contributed by atoms with Crippen LogP contribution in [0.15, 0.2) is 54.6 Å². The first-order valence-electron chi connectivity index (χ1n) is 10.0. The Kier molecular flexibility index (Phi) is 6.13. The lowest BCUT2D eigenvalue weighted by atomic mass is 9.93. The number of nitrogens with one attached hydrogen (secondary N) is 1. The predicted molar refractivity (Wildman–Crippen MR) is 126 cm³/mol. The number of nitrogens with zero attached hydrogens (tertiary/aromatic N) is 2. The minimum Gasteiger partial charge on any atom is -0.331 e. The quantitative estimate of drug-likeness (QED) is 0.574. The van der Waals surface area contributed by atoms with Gasteiger partial charge in [-0.05, 0) is 30.3 Å². The van der Waals surface area contributed by atoms with Gasteiger partial charge in [0.1, 0.15) is 11.5 Å². The standard InChI is InChI=1S/C24H17ClFN3O4S/c1-34(32,33)28-24(31)23-22(17-4-2-3-5-21(17)30)18-11-16(25)8-9-20(18)29(23)13-15-7-6-14(12-27)10-19(15)26/h2-4,6-11H,5,13H2,1H3,(H,28,31). The van der Waals surface area contributed by atoms with Crippen LogP contribution in [-0.2, 0) is 21.4 Å². The third kappa shape index (κ3) is 4.51. The van der Waals surface area contributed by atoms with Crippen molar-refractivity contribution in [2.75, 3.05) is 6.26 Å². The minimum atomic E-state index is -3.95. The maximum Gasteiger partial charge on any atom is 0.282 e. The van der Waals surface area contributed by atoms with Gasteiger partial charge >= 0.3 is 0 Å². The van der Waals surface area contributed by atoms with Gasteiger partial charge in [-0.15, -0.1) is 0 Å². The molecule has 1 heterocycles. The van der Waals surface area contributed by atoms with Crippen LogP contribution in [0.4, 0.5) is 4.39 Å². The third-order valence-electron chi connectivity index (χ3n) is 5.30. The summed E-state index contributed by atoms with van der Waals surface area (Å²) < 4.78 is 41.9. The van der Waals surface area contributed by atoms with Crippen molar-refractivity contribution < 1.29 is 22.4 Å². The lowest BCUT2D eigenvalue weighted by molar-refractivity contribution is -0.113. The molecule has 1 amide bonds. The highest BCUT2D eigenvalue weighted by atomic mass is 35.5. The highest BCUT2D eigenvalue weighted by molar-refractivity contribution is 7.89. The smallest absolute Gasteiger partial charge is 0.282 e. The number of rotatable bonds is 5. The Morgan fingerprint density at radius 1 is 1.26 bits per heavy atom. The van der Waals surface area contributed by atoms with Crippen molar-refractivity contribution in [1.29, 1.82) is 5.26 Å². The second-order valence-corrected chi connectivity index (χ2v) is 9.91. The number of hydrogen-bond acceptors (Lipinski definition) is 5. The van der Waals surface area contributed by atoms with E-state index in [2.05, 4.69) is 0 Å². The molecule has 0 fully saturated rings. The molecule has 4 rings (SSSR count). The Bertz CT molecular complexity index is 1580. The molecular weight excluding hydrogens is 481 g/mol. The van der Waals surface area contributed by atoms with Gasteiger partial charge in [-0.1, -0.05) is 35.9 Å². The molecule has 1 N–H and O–H groups in total. The molecule has 0 bridgehead atoms. The molecule has 3 aromatic rings. The lowest BCUT2D eigenvalue weighted by Gasteiger charge is -2.14. The van der Waals surface area contributed by atoms with Crippen molar-refractivity contribution in [2.24, 2.45) is 0 Å². The number of aromatic nitrogens is 1. The monoisotopic (exact) mass is 497 g/mol. The average Bonchev–Trinajstić information content (AvgIpc) is 3.07. The van der Waals surface area contributed by atoms with Crippen LogP contribution in [0.5, 0.6) is 0 Å². The summed E-state index contributed by atoms with van der Waals surface area (Å²) in [5.41, 5.74) is 1.04. The van der Waals surface area contributed by atoms with Gasteiger partial charge in [0.2, 0.25) is 10.0 Å². The molecule has 0 saturated carbocycles. The van der Waals surface area contributed by atoms with Gasteiger partial charge in [0.05, 0.1) is 24.4 Å². The first-order chi connectivity index (χ1) is 16.1. The number of carbonyl (C=O) groups excluding carboxylic acids is 2. The van der Waals surface area contributed by atoms with Crippen LogP contribution in [0.1, 0.15) is 33.6 Å². The van der Waals surface area contributed by atoms with Crippen LogP contribution in [0.3, 0.4) is 0 Å². The maximum absolute atomic E-state index is 14.8. The summed E-state index contributed by atoms with van der Waals surface area (Å²) in [7, 11) is -3.95. The molecule has 1 aliphatic rings. The Morgan fingerprint density at radius 3 is 2.68 bits per heavy atom. The molecule has 2 aromatic carbocycles. The molecule has 0 atom stereocenters. The molecule has 1 aromatic heterocycles. The summed E-state index contributed by atoms with van der Waals surface area (Å²) in [6, 6.07) is 10.6. The number of benzene rings is 2. The van der Waals surface area contributed by atoms with E-state index in [-0.39, 0.29) is 46.7 Å². The van der Waals surface area contributed by atoms with Crippen LogP contribution in [0, 0.1) is 17.1 Å². The Hall–Kier alpha value is -3.74. The SMILES string of the molecule is CS(=O)(=O)NC(=O)c1c(C2=CC=CCC2=O)c2cc(Cl)ccc2n1Cc1ccc(C#N)cc1F. The summed E-state index contributed by atoms with van der Waals surface area (Å²) in [4.78, 5) is 26.0. The van der Waals surface area contributed by atoms with Crippen molar-refractivity contribution in [3.8, 4) is 6.07 Å². The second kappa shape index (κ2) is 8.89. The van der Waals surface area contributed by atoms with Gasteiger partial charge in [-0.2, -0.15) is 5.26 Å². The molecule has 0 unspecified atom stereocenters. The molecule has 34 heavy (non-hydrogen) atoms. The average molecular weight is 498 g/mol. The maximum atomic E-state index is 14.8. The summed E-state index contributed by atoms with van der Waals surface area (Å²) >= 11 is 6.22. The number of hydrogen-bond donors (Lipinski definition) is 1. The topological polar surface area (TPSA) is 109 Å². The van der Waals surface area contributed by atoms with E-state index in [9.17, 15) is 22.4 Å². The Labute approximate surface area is 199 Å². The van der Waals surface area contributed by atoms with Gasteiger partial charge < -0.3 is 4.57 Å². The summed E-state index contributed by atoms with van der Waals surface area (Å²) in [5.74, 6) is -1.90. The highest BCUT2D eigenvalue weighted by Crippen LogP contribution is 2.36. The highest BCUT2D eigenvalue weighted by Gasteiger charge is 2.30. The van der Waals surface area contributed by atoms with E-state index in [0.29, 0.717) is 15.9 Å². The largest absolute Gasteiger partial charge is 0.331 e. The molecule has 10 heteroatoms. The number of nitriles is 1. The lowest BCUT2D eigenvalue weighted by Crippen LogP contribution is -2.32. The normalized spacial score (nSPS) is 13.6. The number of fused-ring (bicyclic) bond motifs is 1. The van der Waals surface area contributed by atoms with Gasteiger partial charge in [-0.25, -0.2) is 17.5 Å². The molecule has 7 nitrogen and oxygen atoms in total. The fourth-order valence-corrected chi connectivity index (χ4v) is 4.50. The van der Waals surface area contributed by atoms with E-state index in [1.807, 2.05) is 10.8 Å². The van der Waals surface area contributed by atoms with Crippen molar-refractivity contribution in [2.45, 2.75) is 13.0 Å². The van der Waals surface area contributed by atoms with E-state index >= 15 is 0 Å². The summed E-state index contributed by atoms with van der Waals surface area (Å²) in [6.07, 6.45) is 5.83. The number of halogens is 2. The zero-order valence-electron chi connectivity index (χ0n) is 17.8. The van der Waals surface area contributed by atoms with Crippen LogP contribution >= 0.6 is 11.6 Å². The predicted octanol–water partition coefficient (Wildman–Crippen LogP) is 3.96. The number of sulfonamides is 1. The molecule has 0 saturated heterocycles. The van der Waals surface area contributed by atoms with Gasteiger partial charge in [-0.3, -0.25) is 9.59 Å². The number of ketones is 1. The number of allylic oxidation sites excluding steroid dienone is 4. The van der Waals surface area contributed by atoms with E-state index < -0.39 is 21.7 Å². The van der Waals surface area contributed by atoms with Gasteiger partial charge in [0, 0.05) is 39.0 Å². The molecule has 172 valence electrons. The number of carbonyl (C=O) groups is 2. The summed E-state index contributed by atoms with van der Waals surface area (Å²) in [5, 5.41) is 9.80. The number of amides is 1. The third-order valence-corrected chi connectivity index (χ3v) is 6.09. The number of Topliss-reactive ketones (excluding diaryl/α,β-unsaturated/α-hetero) is 1. The van der Waals surface area contributed by atoms with Crippen molar-refractivity contribution in [3.05, 3.63) is 87.9 Å². The first kappa shape index (κ1) is 23.4. The van der Waals surface area contributed by atoms with Crippen molar-refractivity contribution in [3.63, 3.8) is 0 Å². The minimum absolute atomic E-state index is 0.108. The van der Waals surface area contributed by atoms with Crippen LogP contribution in [0.2, 0.25) is 5.02 Å². The van der Waals surface area contributed by atoms with Crippen LogP contribution < -0.4 is 4.72 Å². The fourth-order valence-electron chi connectivity index (χ4n) is 3.90. The summed E-state index contributed by atoms with van der Waals surface area (Å²) in [6.45, 7) is -0.167. The van der Waals surface area contributed by atoms with Crippen molar-refractivity contribution >= 4 is 49.8 Å². The molecule has 0 aliphatic heterocycles. The molecule has 1 aliphatic carbocycles. The van der Waals surface area contributed by atoms with Crippen molar-refractivity contribution in [1.82, 2.24) is 9.29 Å². The van der Waals surface area contributed by atoms with Crippen LogP contribution in [0.25, 0.3) is 16.5 Å². The van der Waals surface area contributed by atoms with Gasteiger partial charge in [0.15, 0.2) is 5.78 Å². The Morgan fingerprint density at radius 2 is 2.03 bits per heavy atom. The second-order valence-electron chi connectivity index (χ2n) is 7.73. The van der Waals surface area contributed by atoms with E-state index in [4.69, 9.17) is 16.9 Å². The molecular formula is C24H17ClFN3O4S. The van der Waals surface area contributed by atoms with E-state index in [0.717, 1.165) is 12.3 Å². The zero-order chi connectivity index (χ0) is 24.6. The van der Waals surface area contributed by atoms with Gasteiger partial charge in [0.25, 0.3) is 5.91 Å². The molecule has 0 spiro atoms. The Balaban J connectivity index is 2.04.